The largest absolute Gasteiger partial charge is 0.493 e. The predicted octanol–water partition coefficient (Wildman–Crippen LogP) is 4.18. The molecular formula is C23H28FN3O3. The molecule has 160 valence electrons. The number of rotatable bonds is 7. The summed E-state index contributed by atoms with van der Waals surface area (Å²) >= 11 is 0. The first-order valence-corrected chi connectivity index (χ1v) is 10.3. The van der Waals surface area contributed by atoms with Gasteiger partial charge in [0.25, 0.3) is 0 Å². The first-order chi connectivity index (χ1) is 14.6. The number of ether oxygens (including phenoxy) is 3. The van der Waals surface area contributed by atoms with Crippen molar-refractivity contribution in [1.29, 1.82) is 0 Å². The molecule has 2 aliphatic carbocycles. The van der Waals surface area contributed by atoms with Crippen LogP contribution in [0.4, 0.5) is 10.2 Å². The van der Waals surface area contributed by atoms with E-state index in [0.29, 0.717) is 11.5 Å². The van der Waals surface area contributed by atoms with Crippen molar-refractivity contribution in [2.45, 2.75) is 31.8 Å². The Balaban J connectivity index is 1.61. The van der Waals surface area contributed by atoms with Gasteiger partial charge in [0.1, 0.15) is 18.1 Å². The Labute approximate surface area is 176 Å². The fourth-order valence-electron chi connectivity index (χ4n) is 4.27. The molecular weight excluding hydrogens is 385 g/mol. The number of nitrogens with zero attached hydrogens (tertiary/aromatic N) is 2. The lowest BCUT2D eigenvalue weighted by Crippen LogP contribution is -2.23. The highest BCUT2D eigenvalue weighted by molar-refractivity contribution is 5.84. The molecule has 4 rings (SSSR count). The van der Waals surface area contributed by atoms with Crippen molar-refractivity contribution in [2.24, 2.45) is 7.05 Å². The first-order valence-electron chi connectivity index (χ1n) is 10.3. The van der Waals surface area contributed by atoms with Gasteiger partial charge in [0.15, 0.2) is 11.5 Å². The summed E-state index contributed by atoms with van der Waals surface area (Å²) in [7, 11) is 5.32. The minimum atomic E-state index is -0.438. The molecule has 2 aromatic rings. The second-order valence-corrected chi connectivity index (χ2v) is 7.51. The van der Waals surface area contributed by atoms with Gasteiger partial charge in [-0.05, 0) is 36.6 Å². The number of hydrogen-bond donors (Lipinski definition) is 1. The SMILES string of the molecule is COC1=C(OC)C=C(Nc2ccc3c4c(n(C)c3n2)CCC(OCCF)C4)CC=C1. The van der Waals surface area contributed by atoms with Crippen LogP contribution in [-0.4, -0.2) is 43.2 Å². The molecule has 1 unspecified atom stereocenters. The van der Waals surface area contributed by atoms with Gasteiger partial charge in [0.05, 0.1) is 26.9 Å². The number of aryl methyl sites for hydroxylation is 1. The van der Waals surface area contributed by atoms with Gasteiger partial charge in [-0.3, -0.25) is 0 Å². The molecule has 0 radical (unpaired) electrons. The third kappa shape index (κ3) is 3.94. The van der Waals surface area contributed by atoms with Gasteiger partial charge >= 0.3 is 0 Å². The van der Waals surface area contributed by atoms with Gasteiger partial charge in [-0.1, -0.05) is 6.08 Å². The summed E-state index contributed by atoms with van der Waals surface area (Å²) in [5, 5.41) is 4.55. The Morgan fingerprint density at radius 2 is 2.07 bits per heavy atom. The van der Waals surface area contributed by atoms with Crippen LogP contribution >= 0.6 is 0 Å². The summed E-state index contributed by atoms with van der Waals surface area (Å²) in [5.74, 6) is 2.14. The third-order valence-corrected chi connectivity index (χ3v) is 5.72. The van der Waals surface area contributed by atoms with Crippen LogP contribution in [0.15, 0.2) is 47.6 Å². The Morgan fingerprint density at radius 3 is 2.83 bits per heavy atom. The standard InChI is InChI=1S/C23H28FN3O3/c1-27-19-9-7-16(30-12-11-24)14-18(19)17-8-10-22(26-23(17)27)25-15-5-4-6-20(28-2)21(13-15)29-3/h4,6,8,10,13,16H,5,7,9,11-12,14H2,1-3H3,(H,25,26). The van der Waals surface area contributed by atoms with E-state index in [1.807, 2.05) is 24.3 Å². The number of halogens is 1. The topological polar surface area (TPSA) is 57.5 Å². The van der Waals surface area contributed by atoms with Crippen LogP contribution in [-0.2, 0) is 34.1 Å². The molecule has 0 bridgehead atoms. The molecule has 0 aromatic carbocycles. The van der Waals surface area contributed by atoms with Gasteiger partial charge in [-0.2, -0.15) is 0 Å². The highest BCUT2D eigenvalue weighted by Crippen LogP contribution is 2.32. The zero-order valence-corrected chi connectivity index (χ0v) is 17.7. The van der Waals surface area contributed by atoms with E-state index in [1.165, 1.54) is 11.3 Å². The van der Waals surface area contributed by atoms with Crippen LogP contribution < -0.4 is 5.32 Å². The molecule has 30 heavy (non-hydrogen) atoms. The first kappa shape index (κ1) is 20.5. The van der Waals surface area contributed by atoms with Crippen LogP contribution in [0, 0.1) is 0 Å². The highest BCUT2D eigenvalue weighted by Gasteiger charge is 2.25. The number of nitrogens with one attached hydrogen (secondary N) is 1. The number of fused-ring (bicyclic) bond motifs is 3. The number of methoxy groups -OCH3 is 2. The van der Waals surface area contributed by atoms with Crippen LogP contribution in [0.1, 0.15) is 24.1 Å². The van der Waals surface area contributed by atoms with Crippen molar-refractivity contribution < 1.29 is 18.6 Å². The molecule has 7 heteroatoms. The zero-order chi connectivity index (χ0) is 21.1. The Kier molecular flexibility index (Phi) is 6.08. The zero-order valence-electron chi connectivity index (χ0n) is 17.7. The lowest BCUT2D eigenvalue weighted by atomic mass is 9.93. The van der Waals surface area contributed by atoms with Crippen molar-refractivity contribution in [3.63, 3.8) is 0 Å². The van der Waals surface area contributed by atoms with Gasteiger partial charge in [0, 0.05) is 42.7 Å². The molecule has 2 heterocycles. The lowest BCUT2D eigenvalue weighted by molar-refractivity contribution is 0.0358. The summed E-state index contributed by atoms with van der Waals surface area (Å²) in [6.07, 6.45) is 9.31. The monoisotopic (exact) mass is 413 g/mol. The third-order valence-electron chi connectivity index (χ3n) is 5.72. The van der Waals surface area contributed by atoms with E-state index in [4.69, 9.17) is 19.2 Å². The maximum Gasteiger partial charge on any atom is 0.162 e. The number of allylic oxidation sites excluding steroid dienone is 3. The van der Waals surface area contributed by atoms with Gasteiger partial charge in [-0.25, -0.2) is 9.37 Å². The van der Waals surface area contributed by atoms with E-state index >= 15 is 0 Å². The van der Waals surface area contributed by atoms with Crippen molar-refractivity contribution in [3.05, 3.63) is 58.8 Å². The summed E-state index contributed by atoms with van der Waals surface area (Å²) < 4.78 is 31.1. The lowest BCUT2D eigenvalue weighted by Gasteiger charge is -2.23. The number of hydrogen-bond acceptors (Lipinski definition) is 5. The summed E-state index contributed by atoms with van der Waals surface area (Å²) in [4.78, 5) is 4.88. The van der Waals surface area contributed by atoms with Crippen molar-refractivity contribution in [2.75, 3.05) is 32.8 Å². The fraction of sp³-hybridized carbons (Fsp3) is 0.435. The molecule has 0 amide bonds. The van der Waals surface area contributed by atoms with E-state index in [-0.39, 0.29) is 12.7 Å². The normalized spacial score (nSPS) is 18.8. The van der Waals surface area contributed by atoms with E-state index in [1.54, 1.807) is 14.2 Å². The molecule has 1 N–H and O–H groups in total. The van der Waals surface area contributed by atoms with Crippen molar-refractivity contribution in [3.8, 4) is 0 Å². The van der Waals surface area contributed by atoms with Gasteiger partial charge in [0.2, 0.25) is 0 Å². The molecule has 2 aromatic heterocycles. The smallest absolute Gasteiger partial charge is 0.162 e. The van der Waals surface area contributed by atoms with E-state index in [0.717, 1.165) is 48.2 Å². The van der Waals surface area contributed by atoms with E-state index < -0.39 is 6.67 Å². The highest BCUT2D eigenvalue weighted by atomic mass is 19.1. The maximum atomic E-state index is 12.5. The average molecular weight is 413 g/mol. The number of pyridine rings is 1. The molecule has 6 nitrogen and oxygen atoms in total. The molecule has 0 fully saturated rings. The number of aromatic nitrogens is 2. The summed E-state index contributed by atoms with van der Waals surface area (Å²) in [5.41, 5.74) is 4.48. The van der Waals surface area contributed by atoms with E-state index in [9.17, 15) is 4.39 Å². The minimum absolute atomic E-state index is 0.0776. The molecule has 2 aliphatic rings. The number of alkyl halides is 1. The van der Waals surface area contributed by atoms with Gasteiger partial charge < -0.3 is 24.1 Å². The molecule has 0 saturated heterocycles. The Hall–Kier alpha value is -2.80. The van der Waals surface area contributed by atoms with Crippen LogP contribution in [0.3, 0.4) is 0 Å². The van der Waals surface area contributed by atoms with Crippen LogP contribution in [0.25, 0.3) is 11.0 Å². The minimum Gasteiger partial charge on any atom is -0.493 e. The van der Waals surface area contributed by atoms with E-state index in [2.05, 4.69) is 23.0 Å². The maximum absolute atomic E-state index is 12.5. The van der Waals surface area contributed by atoms with Crippen LogP contribution in [0.2, 0.25) is 0 Å². The molecule has 1 atom stereocenters. The van der Waals surface area contributed by atoms with Gasteiger partial charge in [-0.15, -0.1) is 0 Å². The molecule has 0 spiro atoms. The molecule has 0 aliphatic heterocycles. The van der Waals surface area contributed by atoms with Crippen molar-refractivity contribution >= 4 is 16.9 Å². The summed E-state index contributed by atoms with van der Waals surface area (Å²) in [6.45, 7) is -0.268. The molecule has 0 saturated carbocycles. The Bertz CT molecular complexity index is 1020. The second kappa shape index (κ2) is 8.92. The summed E-state index contributed by atoms with van der Waals surface area (Å²) in [6, 6.07) is 4.11. The second-order valence-electron chi connectivity index (χ2n) is 7.51. The van der Waals surface area contributed by atoms with Crippen molar-refractivity contribution in [1.82, 2.24) is 9.55 Å². The van der Waals surface area contributed by atoms with Crippen LogP contribution in [0.5, 0.6) is 0 Å². The Morgan fingerprint density at radius 1 is 1.23 bits per heavy atom. The fourth-order valence-corrected chi connectivity index (χ4v) is 4.27. The quantitative estimate of drug-likeness (QED) is 0.738. The predicted molar refractivity (Wildman–Crippen MR) is 115 cm³/mol. The number of anilines is 1. The average Bonchev–Trinajstić information content (AvgIpc) is 2.91.